The molecule has 3 aromatic rings. The Labute approximate surface area is 211 Å². The van der Waals surface area contributed by atoms with E-state index in [0.29, 0.717) is 16.9 Å². The molecule has 1 aliphatic carbocycles. The van der Waals surface area contributed by atoms with Crippen LogP contribution in [0.5, 0.6) is 0 Å². The number of nitrogens with one attached hydrogen (secondary N) is 1. The molecule has 1 aliphatic rings. The Kier molecular flexibility index (Phi) is 8.45. The molecule has 0 spiro atoms. The second-order valence-electron chi connectivity index (χ2n) is 9.75. The number of rotatable bonds is 9. The topological polar surface area (TPSA) is 75.7 Å². The number of fused-ring (bicyclic) bond motifs is 1. The molecule has 0 saturated heterocycles. The lowest BCUT2D eigenvalue weighted by Crippen LogP contribution is -2.22. The number of hydrogen-bond donors (Lipinski definition) is 1. The molecule has 35 heavy (non-hydrogen) atoms. The summed E-state index contributed by atoms with van der Waals surface area (Å²) in [5.74, 6) is 1.35. The smallest absolute Gasteiger partial charge is 0.214 e. The number of ketones is 1. The van der Waals surface area contributed by atoms with Gasteiger partial charge in [0.2, 0.25) is 11.7 Å². The van der Waals surface area contributed by atoms with Gasteiger partial charge in [-0.3, -0.25) is 10.2 Å². The minimum Gasteiger partial charge on any atom is -0.453 e. The number of thioether (sulfide) groups is 1. The van der Waals surface area contributed by atoms with E-state index >= 15 is 0 Å². The zero-order chi connectivity index (χ0) is 24.8. The standard InChI is InChI=1S/C29H34N2O3S/c1-19(2)8-17-26(31-34-20(3)30)21-9-13-24(14-10-21)35-25-15-11-22(12-16-25)29(32)28-18-23-6-4-5-7-27(23)33-28/h4-7,9-10,13-14,18-19,22,25,30H,8,11-12,15-17H2,1-3H3/b30-20?,31-26+. The van der Waals surface area contributed by atoms with Crippen molar-refractivity contribution in [2.45, 2.75) is 69.4 Å². The van der Waals surface area contributed by atoms with Crippen molar-refractivity contribution in [1.29, 1.82) is 5.41 Å². The van der Waals surface area contributed by atoms with Crippen LogP contribution in [-0.2, 0) is 4.84 Å². The van der Waals surface area contributed by atoms with Gasteiger partial charge in [-0.1, -0.05) is 49.3 Å². The van der Waals surface area contributed by atoms with Gasteiger partial charge in [0.25, 0.3) is 0 Å². The first kappa shape index (κ1) is 25.2. The highest BCUT2D eigenvalue weighted by Crippen LogP contribution is 2.37. The van der Waals surface area contributed by atoms with Gasteiger partial charge in [0.1, 0.15) is 5.58 Å². The second-order valence-corrected chi connectivity index (χ2v) is 11.1. The molecule has 0 unspecified atom stereocenters. The highest BCUT2D eigenvalue weighted by Gasteiger charge is 2.29. The average molecular weight is 491 g/mol. The minimum absolute atomic E-state index is 0.0480. The fourth-order valence-corrected chi connectivity index (χ4v) is 5.64. The maximum atomic E-state index is 13.0. The summed E-state index contributed by atoms with van der Waals surface area (Å²) in [7, 11) is 0. The summed E-state index contributed by atoms with van der Waals surface area (Å²) in [5.41, 5.74) is 2.70. The lowest BCUT2D eigenvalue weighted by atomic mass is 9.85. The molecule has 1 saturated carbocycles. The monoisotopic (exact) mass is 490 g/mol. The maximum absolute atomic E-state index is 13.0. The van der Waals surface area contributed by atoms with Crippen molar-refractivity contribution in [1.82, 2.24) is 0 Å². The highest BCUT2D eigenvalue weighted by molar-refractivity contribution is 8.00. The lowest BCUT2D eigenvalue weighted by Gasteiger charge is -2.26. The van der Waals surface area contributed by atoms with Crippen LogP contribution in [0.25, 0.3) is 11.0 Å². The van der Waals surface area contributed by atoms with Crippen molar-refractivity contribution in [3.8, 4) is 0 Å². The Morgan fingerprint density at radius 3 is 2.49 bits per heavy atom. The predicted octanol–water partition coefficient (Wildman–Crippen LogP) is 8.12. The number of benzene rings is 2. The summed E-state index contributed by atoms with van der Waals surface area (Å²) < 4.78 is 5.81. The van der Waals surface area contributed by atoms with E-state index in [1.807, 2.05) is 42.1 Å². The van der Waals surface area contributed by atoms with Crippen molar-refractivity contribution >= 4 is 40.1 Å². The molecule has 0 aliphatic heterocycles. The zero-order valence-corrected chi connectivity index (χ0v) is 21.6. The molecule has 5 nitrogen and oxygen atoms in total. The summed E-state index contributed by atoms with van der Waals surface area (Å²) >= 11 is 1.89. The zero-order valence-electron chi connectivity index (χ0n) is 20.8. The second kappa shape index (κ2) is 11.7. The van der Waals surface area contributed by atoms with Crippen LogP contribution in [0.15, 0.2) is 69.1 Å². The van der Waals surface area contributed by atoms with Crippen LogP contribution in [0.1, 0.15) is 75.4 Å². The molecule has 2 aromatic carbocycles. The first-order valence-corrected chi connectivity index (χ1v) is 13.4. The minimum atomic E-state index is 0.0480. The summed E-state index contributed by atoms with van der Waals surface area (Å²) in [6, 6.07) is 18.2. The van der Waals surface area contributed by atoms with Crippen LogP contribution >= 0.6 is 11.8 Å². The Morgan fingerprint density at radius 1 is 1.11 bits per heavy atom. The van der Waals surface area contributed by atoms with Crippen LogP contribution in [-0.4, -0.2) is 22.6 Å². The van der Waals surface area contributed by atoms with E-state index in [-0.39, 0.29) is 17.6 Å². The molecule has 1 fully saturated rings. The number of Topliss-reactive ketones (excluding diaryl/α,β-unsaturated/α-hetero) is 1. The Morgan fingerprint density at radius 2 is 1.83 bits per heavy atom. The first-order chi connectivity index (χ1) is 16.9. The molecule has 184 valence electrons. The van der Waals surface area contributed by atoms with Gasteiger partial charge in [-0.05, 0) is 74.3 Å². The SMILES string of the molecule is CC(=N)O/N=C(\CCC(C)C)c1ccc(SC2CCC(C(=O)c3cc4ccccc4o3)CC2)cc1. The number of hydrogen-bond acceptors (Lipinski definition) is 6. The number of nitrogens with zero attached hydrogens (tertiary/aromatic N) is 1. The maximum Gasteiger partial charge on any atom is 0.214 e. The fourth-order valence-electron chi connectivity index (χ4n) is 4.46. The van der Waals surface area contributed by atoms with Gasteiger partial charge in [-0.2, -0.15) is 0 Å². The van der Waals surface area contributed by atoms with E-state index in [0.717, 1.165) is 60.8 Å². The molecule has 1 heterocycles. The number of furan rings is 1. The number of carbonyl (C=O) groups excluding carboxylic acids is 1. The molecule has 0 atom stereocenters. The van der Waals surface area contributed by atoms with Gasteiger partial charge in [-0.25, -0.2) is 0 Å². The van der Waals surface area contributed by atoms with E-state index in [1.165, 1.54) is 4.90 Å². The van der Waals surface area contributed by atoms with Crippen LogP contribution < -0.4 is 0 Å². The van der Waals surface area contributed by atoms with Crippen LogP contribution in [0.3, 0.4) is 0 Å². The van der Waals surface area contributed by atoms with Crippen LogP contribution in [0, 0.1) is 17.2 Å². The lowest BCUT2D eigenvalue weighted by molar-refractivity contribution is 0.0864. The highest BCUT2D eigenvalue weighted by atomic mass is 32.2. The number of oxime groups is 1. The van der Waals surface area contributed by atoms with Crippen molar-refractivity contribution < 1.29 is 14.0 Å². The Bertz CT molecular complexity index is 1160. The predicted molar refractivity (Wildman–Crippen MR) is 144 cm³/mol. The summed E-state index contributed by atoms with van der Waals surface area (Å²) in [6.07, 6.45) is 5.69. The third-order valence-corrected chi connectivity index (χ3v) is 7.80. The van der Waals surface area contributed by atoms with Crippen molar-refractivity contribution in [2.24, 2.45) is 17.0 Å². The molecule has 4 rings (SSSR count). The molecule has 0 radical (unpaired) electrons. The van der Waals surface area contributed by atoms with Gasteiger partial charge in [-0.15, -0.1) is 11.8 Å². The van der Waals surface area contributed by atoms with E-state index in [2.05, 4.69) is 43.3 Å². The molecular formula is C29H34N2O3S. The molecule has 6 heteroatoms. The third-order valence-electron chi connectivity index (χ3n) is 6.45. The van der Waals surface area contributed by atoms with Gasteiger partial charge < -0.3 is 9.25 Å². The fraction of sp³-hybridized carbons (Fsp3) is 0.414. The average Bonchev–Trinajstić information content (AvgIpc) is 3.29. The van der Waals surface area contributed by atoms with E-state index in [1.54, 1.807) is 6.92 Å². The normalized spacial score (nSPS) is 18.7. The summed E-state index contributed by atoms with van der Waals surface area (Å²) in [4.78, 5) is 19.4. The van der Waals surface area contributed by atoms with E-state index in [9.17, 15) is 4.79 Å². The quantitative estimate of drug-likeness (QED) is 0.142. The summed E-state index contributed by atoms with van der Waals surface area (Å²) in [6.45, 7) is 5.97. The van der Waals surface area contributed by atoms with Crippen molar-refractivity contribution in [2.75, 3.05) is 0 Å². The van der Waals surface area contributed by atoms with Crippen LogP contribution in [0.2, 0.25) is 0 Å². The van der Waals surface area contributed by atoms with E-state index in [4.69, 9.17) is 14.7 Å². The van der Waals surface area contributed by atoms with Crippen molar-refractivity contribution in [3.63, 3.8) is 0 Å². The van der Waals surface area contributed by atoms with E-state index < -0.39 is 0 Å². The molecule has 1 N–H and O–H groups in total. The van der Waals surface area contributed by atoms with Gasteiger partial charge in [0, 0.05) is 28.4 Å². The van der Waals surface area contributed by atoms with Crippen LogP contribution in [0.4, 0.5) is 0 Å². The first-order valence-electron chi connectivity index (χ1n) is 12.5. The van der Waals surface area contributed by atoms with Crippen molar-refractivity contribution in [3.05, 3.63) is 65.9 Å². The van der Waals surface area contributed by atoms with Gasteiger partial charge in [0.05, 0.1) is 5.71 Å². The largest absolute Gasteiger partial charge is 0.453 e. The Balaban J connectivity index is 1.32. The molecule has 0 bridgehead atoms. The number of para-hydroxylation sites is 1. The molecule has 0 amide bonds. The summed E-state index contributed by atoms with van der Waals surface area (Å²) in [5, 5.41) is 13.2. The van der Waals surface area contributed by atoms with Gasteiger partial charge >= 0.3 is 0 Å². The third kappa shape index (κ3) is 6.85. The Hall–Kier alpha value is -2.86. The van der Waals surface area contributed by atoms with Gasteiger partial charge in [0.15, 0.2) is 5.76 Å². The number of carbonyl (C=O) groups is 1. The molecular weight excluding hydrogens is 456 g/mol. The molecule has 1 aromatic heterocycles.